The zero-order valence-electron chi connectivity index (χ0n) is 22.7. The van der Waals surface area contributed by atoms with Crippen molar-refractivity contribution in [3.05, 3.63) is 72.8 Å². The van der Waals surface area contributed by atoms with Crippen LogP contribution in [0.2, 0.25) is 0 Å². The van der Waals surface area contributed by atoms with Crippen LogP contribution in [-0.4, -0.2) is 80.1 Å². The number of nitrogens with one attached hydrogen (secondary N) is 1. The van der Waals surface area contributed by atoms with Gasteiger partial charge in [0.25, 0.3) is 0 Å². The summed E-state index contributed by atoms with van der Waals surface area (Å²) in [6.07, 6.45) is 5.94. The summed E-state index contributed by atoms with van der Waals surface area (Å²) >= 11 is 0. The fourth-order valence-electron chi connectivity index (χ4n) is 5.68. The van der Waals surface area contributed by atoms with E-state index in [1.54, 1.807) is 23.1 Å². The second-order valence-electron chi connectivity index (χ2n) is 10.6. The molecule has 9 heteroatoms. The van der Waals surface area contributed by atoms with Crippen molar-refractivity contribution in [2.75, 3.05) is 33.3 Å². The molecule has 2 unspecified atom stereocenters. The Kier molecular flexibility index (Phi) is 10.2. The highest BCUT2D eigenvalue weighted by Gasteiger charge is 2.37. The minimum Gasteiger partial charge on any atom is -0.497 e. The van der Waals surface area contributed by atoms with E-state index in [4.69, 9.17) is 4.74 Å². The van der Waals surface area contributed by atoms with Gasteiger partial charge >= 0.3 is 0 Å². The number of ether oxygens (including phenoxy) is 1. The smallest absolute Gasteiger partial charge is 0.243 e. The van der Waals surface area contributed by atoms with Gasteiger partial charge in [-0.05, 0) is 61.4 Å². The molecule has 1 saturated carbocycles. The highest BCUT2D eigenvalue weighted by Crippen LogP contribution is 2.29. The molecular weight excluding hydrogens is 514 g/mol. The van der Waals surface area contributed by atoms with Crippen LogP contribution in [0.15, 0.2) is 72.1 Å². The number of aliphatic hydroxyl groups is 1. The van der Waals surface area contributed by atoms with Crippen molar-refractivity contribution in [2.45, 2.75) is 61.6 Å². The van der Waals surface area contributed by atoms with Gasteiger partial charge in [-0.2, -0.15) is 4.31 Å². The molecule has 0 radical (unpaired) electrons. The highest BCUT2D eigenvalue weighted by atomic mass is 32.2. The topological polar surface area (TPSA) is 99.2 Å². The largest absolute Gasteiger partial charge is 0.497 e. The van der Waals surface area contributed by atoms with Gasteiger partial charge in [-0.15, -0.1) is 6.58 Å². The lowest BCUT2D eigenvalue weighted by Crippen LogP contribution is -2.62. The Bertz CT molecular complexity index is 1180. The molecule has 0 aromatic heterocycles. The van der Waals surface area contributed by atoms with Crippen LogP contribution in [0.25, 0.3) is 0 Å². The molecule has 2 N–H and O–H groups in total. The molecule has 212 valence electrons. The van der Waals surface area contributed by atoms with Crippen LogP contribution in [-0.2, 0) is 21.2 Å². The lowest BCUT2D eigenvalue weighted by molar-refractivity contribution is -0.140. The van der Waals surface area contributed by atoms with Gasteiger partial charge in [0.2, 0.25) is 15.9 Å². The standard InChI is InChI=1S/C30H41N3O5S/c1-3-9-29-30(35)33(25(19-31-29)18-23-10-5-4-6-11-23)22-26(34)21-32(20-24-12-7-8-13-24)39(36,37)28-16-14-27(38-2)15-17-28/h3-6,10-11,14-17,24-26,29,31,34H,1,7-9,12-13,18-22H2,2H3/t25-,26?,29?/m0/s1. The van der Waals surface area contributed by atoms with E-state index in [0.717, 1.165) is 31.2 Å². The number of amides is 1. The normalized spacial score (nSPS) is 21.3. The molecule has 39 heavy (non-hydrogen) atoms. The minimum atomic E-state index is -3.86. The number of hydrogen-bond donors (Lipinski definition) is 2. The summed E-state index contributed by atoms with van der Waals surface area (Å²) in [6, 6.07) is 15.7. The van der Waals surface area contributed by atoms with Gasteiger partial charge in [-0.1, -0.05) is 49.2 Å². The molecule has 1 aliphatic heterocycles. The molecule has 2 aliphatic rings. The van der Waals surface area contributed by atoms with Gasteiger partial charge < -0.3 is 20.1 Å². The number of carbonyl (C=O) groups excluding carboxylic acids is 1. The molecule has 2 aromatic rings. The fourth-order valence-corrected chi connectivity index (χ4v) is 7.24. The lowest BCUT2D eigenvalue weighted by atomic mass is 9.98. The maximum atomic E-state index is 13.7. The van der Waals surface area contributed by atoms with Gasteiger partial charge in [0.15, 0.2) is 0 Å². The van der Waals surface area contributed by atoms with E-state index in [9.17, 15) is 18.3 Å². The van der Waals surface area contributed by atoms with E-state index in [-0.39, 0.29) is 35.9 Å². The zero-order chi connectivity index (χ0) is 27.8. The molecule has 1 heterocycles. The second-order valence-corrected chi connectivity index (χ2v) is 12.6. The van der Waals surface area contributed by atoms with Crippen molar-refractivity contribution < 1.29 is 23.1 Å². The second kappa shape index (κ2) is 13.6. The number of hydrogen-bond acceptors (Lipinski definition) is 6. The highest BCUT2D eigenvalue weighted by molar-refractivity contribution is 7.89. The average molecular weight is 556 g/mol. The number of methoxy groups -OCH3 is 1. The van der Waals surface area contributed by atoms with Crippen molar-refractivity contribution in [1.29, 1.82) is 0 Å². The van der Waals surface area contributed by atoms with Gasteiger partial charge in [0.1, 0.15) is 5.75 Å². The van der Waals surface area contributed by atoms with E-state index in [1.165, 1.54) is 23.5 Å². The number of benzene rings is 2. The van der Waals surface area contributed by atoms with Crippen molar-refractivity contribution in [1.82, 2.24) is 14.5 Å². The third kappa shape index (κ3) is 7.48. The molecule has 1 amide bonds. The van der Waals surface area contributed by atoms with Crippen LogP contribution in [0.5, 0.6) is 5.75 Å². The van der Waals surface area contributed by atoms with Crippen LogP contribution >= 0.6 is 0 Å². The van der Waals surface area contributed by atoms with Gasteiger partial charge in [0, 0.05) is 32.2 Å². The van der Waals surface area contributed by atoms with E-state index >= 15 is 0 Å². The lowest BCUT2D eigenvalue weighted by Gasteiger charge is -2.41. The van der Waals surface area contributed by atoms with Crippen LogP contribution in [0.3, 0.4) is 0 Å². The molecule has 2 aromatic carbocycles. The van der Waals surface area contributed by atoms with Gasteiger partial charge in [0.05, 0.1) is 24.2 Å². The zero-order valence-corrected chi connectivity index (χ0v) is 23.6. The molecule has 4 rings (SSSR count). The third-order valence-corrected chi connectivity index (χ3v) is 9.64. The molecule has 2 fully saturated rings. The minimum absolute atomic E-state index is 0.0605. The summed E-state index contributed by atoms with van der Waals surface area (Å²) in [5, 5.41) is 14.6. The van der Waals surface area contributed by atoms with Crippen molar-refractivity contribution in [3.8, 4) is 5.75 Å². The van der Waals surface area contributed by atoms with E-state index < -0.39 is 22.2 Å². The molecule has 8 nitrogen and oxygen atoms in total. The van der Waals surface area contributed by atoms with E-state index in [0.29, 0.717) is 31.7 Å². The summed E-state index contributed by atoms with van der Waals surface area (Å²) in [6.45, 7) is 4.70. The molecule has 0 bridgehead atoms. The number of β-amino-alcohol motifs (C(OH)–C–C–N with tert-alkyl or cyclic N) is 1. The molecule has 0 spiro atoms. The number of aliphatic hydroxyl groups excluding tert-OH is 1. The summed E-state index contributed by atoms with van der Waals surface area (Å²) in [7, 11) is -2.32. The first kappa shape index (κ1) is 29.3. The average Bonchev–Trinajstić information content (AvgIpc) is 3.46. The quantitative estimate of drug-likeness (QED) is 0.368. The number of piperazine rings is 1. The molecule has 1 saturated heterocycles. The Labute approximate surface area is 232 Å². The summed E-state index contributed by atoms with van der Waals surface area (Å²) in [5.74, 6) is 0.738. The maximum Gasteiger partial charge on any atom is 0.243 e. The van der Waals surface area contributed by atoms with E-state index in [2.05, 4.69) is 11.9 Å². The monoisotopic (exact) mass is 555 g/mol. The Morgan fingerprint density at radius 1 is 1.15 bits per heavy atom. The van der Waals surface area contributed by atoms with Crippen molar-refractivity contribution in [3.63, 3.8) is 0 Å². The van der Waals surface area contributed by atoms with Crippen LogP contribution in [0.1, 0.15) is 37.7 Å². The number of sulfonamides is 1. The summed E-state index contributed by atoms with van der Waals surface area (Å²) in [4.78, 5) is 15.4. The number of rotatable bonds is 13. The van der Waals surface area contributed by atoms with Gasteiger partial charge in [-0.3, -0.25) is 4.79 Å². The Morgan fingerprint density at radius 2 is 1.85 bits per heavy atom. The van der Waals surface area contributed by atoms with Gasteiger partial charge in [-0.25, -0.2) is 8.42 Å². The Balaban J connectivity index is 1.53. The maximum absolute atomic E-state index is 13.7. The first-order valence-electron chi connectivity index (χ1n) is 13.8. The molecule has 3 atom stereocenters. The molecule has 1 aliphatic carbocycles. The van der Waals surface area contributed by atoms with Crippen LogP contribution in [0.4, 0.5) is 0 Å². The third-order valence-electron chi connectivity index (χ3n) is 7.79. The predicted molar refractivity (Wildman–Crippen MR) is 152 cm³/mol. The van der Waals surface area contributed by atoms with Crippen molar-refractivity contribution >= 4 is 15.9 Å². The SMILES string of the molecule is C=CCC1NC[C@H](Cc2ccccc2)N(CC(O)CN(CC2CCCC2)S(=O)(=O)c2ccc(OC)cc2)C1=O. The number of carbonyl (C=O) groups is 1. The fraction of sp³-hybridized carbons (Fsp3) is 0.500. The molecular formula is C30H41N3O5S. The summed E-state index contributed by atoms with van der Waals surface area (Å²) in [5.41, 5.74) is 1.10. The van der Waals surface area contributed by atoms with E-state index in [1.807, 2.05) is 30.3 Å². The van der Waals surface area contributed by atoms with Crippen molar-refractivity contribution in [2.24, 2.45) is 5.92 Å². The number of nitrogens with zero attached hydrogens (tertiary/aromatic N) is 2. The first-order valence-corrected chi connectivity index (χ1v) is 15.3. The van der Waals surface area contributed by atoms with Crippen LogP contribution < -0.4 is 10.1 Å². The Morgan fingerprint density at radius 3 is 2.49 bits per heavy atom. The summed E-state index contributed by atoms with van der Waals surface area (Å²) < 4.78 is 34.1. The van der Waals surface area contributed by atoms with Crippen LogP contribution in [0, 0.1) is 5.92 Å². The predicted octanol–water partition coefficient (Wildman–Crippen LogP) is 3.22. The Hall–Kier alpha value is -2.72. The first-order chi connectivity index (χ1) is 18.8.